The zero-order valence-electron chi connectivity index (χ0n) is 7.49. The minimum absolute atomic E-state index is 0.299. The van der Waals surface area contributed by atoms with Crippen molar-refractivity contribution in [3.63, 3.8) is 0 Å². The lowest BCUT2D eigenvalue weighted by atomic mass is 10.2. The van der Waals surface area contributed by atoms with Crippen molar-refractivity contribution >= 4 is 0 Å². The number of hydrogen-bond donors (Lipinski definition) is 1. The summed E-state index contributed by atoms with van der Waals surface area (Å²) in [7, 11) is 1.54. The SMILES string of the molecule is Cn1c(-c2ccccc2F)n[nH]c1=O. The van der Waals surface area contributed by atoms with Crippen molar-refractivity contribution in [1.82, 2.24) is 14.8 Å². The number of halogens is 1. The van der Waals surface area contributed by atoms with Crippen molar-refractivity contribution < 1.29 is 4.39 Å². The third-order valence-electron chi connectivity index (χ3n) is 1.99. The van der Waals surface area contributed by atoms with Gasteiger partial charge in [0, 0.05) is 7.05 Å². The molecule has 1 N–H and O–H groups in total. The van der Waals surface area contributed by atoms with Crippen LogP contribution in [0.3, 0.4) is 0 Å². The number of aromatic amines is 1. The second-order valence-electron chi connectivity index (χ2n) is 2.89. The summed E-state index contributed by atoms with van der Waals surface area (Å²) >= 11 is 0. The molecule has 0 saturated heterocycles. The van der Waals surface area contributed by atoms with Crippen LogP contribution in [0.15, 0.2) is 29.1 Å². The zero-order chi connectivity index (χ0) is 10.1. The number of nitrogens with one attached hydrogen (secondary N) is 1. The van der Waals surface area contributed by atoms with Gasteiger partial charge in [-0.25, -0.2) is 14.3 Å². The molecular formula is C9H8FN3O. The summed E-state index contributed by atoms with van der Waals surface area (Å²) in [5.41, 5.74) is -0.0448. The monoisotopic (exact) mass is 193 g/mol. The minimum atomic E-state index is -0.394. The molecule has 0 bridgehead atoms. The maximum atomic E-state index is 13.3. The van der Waals surface area contributed by atoms with Gasteiger partial charge in [-0.15, -0.1) is 0 Å². The van der Waals surface area contributed by atoms with Crippen molar-refractivity contribution in [3.8, 4) is 11.4 Å². The number of benzene rings is 1. The summed E-state index contributed by atoms with van der Waals surface area (Å²) in [6, 6.07) is 6.18. The van der Waals surface area contributed by atoms with Gasteiger partial charge < -0.3 is 0 Å². The molecule has 0 atom stereocenters. The van der Waals surface area contributed by atoms with Gasteiger partial charge in [-0.2, -0.15) is 5.10 Å². The maximum Gasteiger partial charge on any atom is 0.343 e. The van der Waals surface area contributed by atoms with Crippen LogP contribution >= 0.6 is 0 Å². The van der Waals surface area contributed by atoms with Crippen LogP contribution in [0.1, 0.15) is 0 Å². The van der Waals surface area contributed by atoms with Crippen molar-refractivity contribution in [2.75, 3.05) is 0 Å². The molecule has 72 valence electrons. The van der Waals surface area contributed by atoms with Crippen molar-refractivity contribution in [1.29, 1.82) is 0 Å². The van der Waals surface area contributed by atoms with Crippen LogP contribution in [0.5, 0.6) is 0 Å². The Kier molecular flexibility index (Phi) is 1.92. The number of rotatable bonds is 1. The Balaban J connectivity index is 2.66. The van der Waals surface area contributed by atoms with Gasteiger partial charge in [-0.1, -0.05) is 12.1 Å². The quantitative estimate of drug-likeness (QED) is 0.732. The summed E-state index contributed by atoms with van der Waals surface area (Å²) in [6.07, 6.45) is 0. The summed E-state index contributed by atoms with van der Waals surface area (Å²) in [4.78, 5) is 11.0. The summed E-state index contributed by atoms with van der Waals surface area (Å²) in [6.45, 7) is 0. The summed E-state index contributed by atoms with van der Waals surface area (Å²) in [5, 5.41) is 5.99. The van der Waals surface area contributed by atoms with E-state index < -0.39 is 5.82 Å². The van der Waals surface area contributed by atoms with E-state index in [-0.39, 0.29) is 5.69 Å². The Morgan fingerprint density at radius 2 is 2.14 bits per heavy atom. The predicted octanol–water partition coefficient (Wildman–Crippen LogP) is 0.914. The van der Waals surface area contributed by atoms with E-state index in [1.54, 1.807) is 18.2 Å². The highest BCUT2D eigenvalue weighted by Crippen LogP contribution is 2.17. The molecule has 5 heteroatoms. The molecule has 0 aliphatic heterocycles. The Bertz CT molecular complexity index is 515. The lowest BCUT2D eigenvalue weighted by molar-refractivity contribution is 0.628. The maximum absolute atomic E-state index is 13.3. The van der Waals surface area contributed by atoms with Crippen molar-refractivity contribution in [2.24, 2.45) is 7.05 Å². The van der Waals surface area contributed by atoms with Crippen LogP contribution < -0.4 is 5.69 Å². The molecule has 2 rings (SSSR count). The van der Waals surface area contributed by atoms with E-state index in [1.807, 2.05) is 0 Å². The second kappa shape index (κ2) is 3.10. The van der Waals surface area contributed by atoms with E-state index in [9.17, 15) is 9.18 Å². The lowest BCUT2D eigenvalue weighted by Crippen LogP contribution is -2.13. The molecule has 0 aliphatic rings. The van der Waals surface area contributed by atoms with Gasteiger partial charge in [0.05, 0.1) is 5.56 Å². The first kappa shape index (κ1) is 8.68. The Morgan fingerprint density at radius 1 is 1.43 bits per heavy atom. The highest BCUT2D eigenvalue weighted by atomic mass is 19.1. The lowest BCUT2D eigenvalue weighted by Gasteiger charge is -2.00. The standard InChI is InChI=1S/C9H8FN3O/c1-13-8(11-12-9(13)14)6-4-2-3-5-7(6)10/h2-5H,1H3,(H,12,14). The molecule has 0 saturated carbocycles. The molecule has 14 heavy (non-hydrogen) atoms. The van der Waals surface area contributed by atoms with E-state index in [1.165, 1.54) is 17.7 Å². The fraction of sp³-hybridized carbons (Fsp3) is 0.111. The molecule has 2 aromatic rings. The highest BCUT2D eigenvalue weighted by Gasteiger charge is 2.10. The van der Waals surface area contributed by atoms with Crippen molar-refractivity contribution in [2.45, 2.75) is 0 Å². The van der Waals surface area contributed by atoms with E-state index in [0.29, 0.717) is 11.4 Å². The fourth-order valence-electron chi connectivity index (χ4n) is 1.23. The van der Waals surface area contributed by atoms with Gasteiger partial charge in [0.15, 0.2) is 5.82 Å². The average molecular weight is 193 g/mol. The van der Waals surface area contributed by atoms with Crippen LogP contribution in [0, 0.1) is 5.82 Å². The van der Waals surface area contributed by atoms with Gasteiger partial charge in [-0.3, -0.25) is 4.57 Å². The first-order chi connectivity index (χ1) is 6.70. The molecule has 4 nitrogen and oxygen atoms in total. The Hall–Kier alpha value is -1.91. The third kappa shape index (κ3) is 1.22. The summed E-state index contributed by atoms with van der Waals surface area (Å²) in [5.74, 6) is -0.0947. The van der Waals surface area contributed by atoms with E-state index in [0.717, 1.165) is 0 Å². The normalized spacial score (nSPS) is 10.4. The van der Waals surface area contributed by atoms with E-state index in [2.05, 4.69) is 10.2 Å². The number of H-pyrrole nitrogens is 1. The number of hydrogen-bond acceptors (Lipinski definition) is 2. The predicted molar refractivity (Wildman–Crippen MR) is 49.2 cm³/mol. The molecule has 0 fully saturated rings. The molecule has 1 aromatic carbocycles. The smallest absolute Gasteiger partial charge is 0.278 e. The van der Waals surface area contributed by atoms with Crippen LogP contribution in [-0.2, 0) is 7.05 Å². The van der Waals surface area contributed by atoms with Gasteiger partial charge in [0.1, 0.15) is 5.82 Å². The fourth-order valence-corrected chi connectivity index (χ4v) is 1.23. The molecule has 0 aliphatic carbocycles. The average Bonchev–Trinajstić information content (AvgIpc) is 2.49. The van der Waals surface area contributed by atoms with Crippen molar-refractivity contribution in [3.05, 3.63) is 40.6 Å². The Morgan fingerprint density at radius 3 is 2.71 bits per heavy atom. The topological polar surface area (TPSA) is 50.7 Å². The van der Waals surface area contributed by atoms with Crippen LogP contribution in [0.25, 0.3) is 11.4 Å². The largest absolute Gasteiger partial charge is 0.343 e. The van der Waals surface area contributed by atoms with Crippen LogP contribution in [-0.4, -0.2) is 14.8 Å². The molecular weight excluding hydrogens is 185 g/mol. The van der Waals surface area contributed by atoms with Gasteiger partial charge in [0.2, 0.25) is 0 Å². The van der Waals surface area contributed by atoms with E-state index in [4.69, 9.17) is 0 Å². The molecule has 1 heterocycles. The number of aromatic nitrogens is 3. The Labute approximate surface area is 79.0 Å². The third-order valence-corrected chi connectivity index (χ3v) is 1.99. The molecule has 0 amide bonds. The first-order valence-corrected chi connectivity index (χ1v) is 4.06. The van der Waals surface area contributed by atoms with Crippen LogP contribution in [0.4, 0.5) is 4.39 Å². The molecule has 0 radical (unpaired) electrons. The molecule has 1 aromatic heterocycles. The minimum Gasteiger partial charge on any atom is -0.278 e. The first-order valence-electron chi connectivity index (χ1n) is 4.06. The second-order valence-corrected chi connectivity index (χ2v) is 2.89. The van der Waals surface area contributed by atoms with Gasteiger partial charge >= 0.3 is 5.69 Å². The molecule has 0 spiro atoms. The molecule has 0 unspecified atom stereocenters. The highest BCUT2D eigenvalue weighted by molar-refractivity contribution is 5.55. The number of nitrogens with zero attached hydrogens (tertiary/aromatic N) is 2. The van der Waals surface area contributed by atoms with Crippen LogP contribution in [0.2, 0.25) is 0 Å². The van der Waals surface area contributed by atoms with E-state index >= 15 is 0 Å². The van der Waals surface area contributed by atoms with Gasteiger partial charge in [0.25, 0.3) is 0 Å². The summed E-state index contributed by atoms with van der Waals surface area (Å²) < 4.78 is 14.6. The van der Waals surface area contributed by atoms with Gasteiger partial charge in [-0.05, 0) is 12.1 Å². The zero-order valence-corrected chi connectivity index (χ0v) is 7.49.